The van der Waals surface area contributed by atoms with Gasteiger partial charge in [0.1, 0.15) is 0 Å². The number of aromatic nitrogens is 3. The number of rotatable bonds is 6. The highest BCUT2D eigenvalue weighted by Gasteiger charge is 2.48. The van der Waals surface area contributed by atoms with E-state index >= 15 is 0 Å². The van der Waals surface area contributed by atoms with Crippen LogP contribution in [0, 0.1) is 0 Å². The van der Waals surface area contributed by atoms with Crippen LogP contribution in [0.1, 0.15) is 61.9 Å². The molecule has 0 unspecified atom stereocenters. The summed E-state index contributed by atoms with van der Waals surface area (Å²) in [5.41, 5.74) is 0.478. The van der Waals surface area contributed by atoms with Crippen molar-refractivity contribution in [2.45, 2.75) is 68.7 Å². The molecule has 2 aromatic heterocycles. The van der Waals surface area contributed by atoms with Crippen molar-refractivity contribution >= 4 is 0 Å². The molecule has 1 aliphatic heterocycles. The average molecular weight is 420 g/mol. The van der Waals surface area contributed by atoms with Crippen molar-refractivity contribution in [2.24, 2.45) is 0 Å². The van der Waals surface area contributed by atoms with Gasteiger partial charge in [0.25, 0.3) is 0 Å². The highest BCUT2D eigenvalue weighted by Crippen LogP contribution is 2.49. The van der Waals surface area contributed by atoms with Gasteiger partial charge in [-0.3, -0.25) is 4.98 Å². The predicted octanol–water partition coefficient (Wildman–Crippen LogP) is 4.43. The van der Waals surface area contributed by atoms with E-state index in [1.165, 1.54) is 19.0 Å². The molecule has 1 saturated carbocycles. The number of nitrogens with zero attached hydrogens (tertiary/aromatic N) is 3. The zero-order chi connectivity index (χ0) is 21.1. The highest BCUT2D eigenvalue weighted by molar-refractivity contribution is 5.21. The molecule has 30 heavy (non-hydrogen) atoms. The van der Waals surface area contributed by atoms with Crippen LogP contribution in [0.3, 0.4) is 0 Å². The Morgan fingerprint density at radius 2 is 1.97 bits per heavy atom. The van der Waals surface area contributed by atoms with E-state index in [1.807, 2.05) is 18.3 Å². The van der Waals surface area contributed by atoms with Crippen LogP contribution in [0.4, 0.5) is 13.2 Å². The van der Waals surface area contributed by atoms with Crippen molar-refractivity contribution in [3.8, 4) is 0 Å². The number of alkyl halides is 3. The van der Waals surface area contributed by atoms with Crippen LogP contribution in [0.5, 0.6) is 0 Å². The number of hydrogen-bond donors (Lipinski definition) is 1. The summed E-state index contributed by atoms with van der Waals surface area (Å²) in [5, 5.41) is 9.97. The third-order valence-corrected chi connectivity index (χ3v) is 6.48. The molecule has 0 radical (unpaired) electrons. The summed E-state index contributed by atoms with van der Waals surface area (Å²) in [5.74, 6) is 0. The first kappa shape index (κ1) is 21.2. The van der Waals surface area contributed by atoms with Gasteiger partial charge in [0.05, 0.1) is 11.8 Å². The Balaban J connectivity index is 1.43. The molecular weight excluding hydrogens is 393 g/mol. The lowest BCUT2D eigenvalue weighted by molar-refractivity contribution is -0.141. The quantitative estimate of drug-likeness (QED) is 0.701. The molecule has 2 aliphatic rings. The molecule has 0 amide bonds. The van der Waals surface area contributed by atoms with Gasteiger partial charge in [0.15, 0.2) is 5.69 Å². The first-order valence-electron chi connectivity index (χ1n) is 10.6. The van der Waals surface area contributed by atoms with Crippen LogP contribution in [-0.4, -0.2) is 33.9 Å². The Kier molecular flexibility index (Phi) is 6.06. The number of nitrogens with one attached hydrogen (secondary N) is 1. The summed E-state index contributed by atoms with van der Waals surface area (Å²) < 4.78 is 44.8. The minimum absolute atomic E-state index is 0.0492. The fraction of sp³-hybridized carbons (Fsp3) is 0.591. The first-order valence-corrected chi connectivity index (χ1v) is 10.6. The third kappa shape index (κ3) is 4.64. The van der Waals surface area contributed by atoms with E-state index in [0.717, 1.165) is 50.5 Å². The Labute approximate surface area is 174 Å². The number of pyridine rings is 1. The summed E-state index contributed by atoms with van der Waals surface area (Å²) in [4.78, 5) is 4.68. The molecule has 1 atom stereocenters. The number of halogens is 3. The Morgan fingerprint density at radius 1 is 1.13 bits per heavy atom. The van der Waals surface area contributed by atoms with E-state index in [1.54, 1.807) is 0 Å². The van der Waals surface area contributed by atoms with Crippen LogP contribution < -0.4 is 5.32 Å². The predicted molar refractivity (Wildman–Crippen MR) is 106 cm³/mol. The Morgan fingerprint density at radius 3 is 2.70 bits per heavy atom. The van der Waals surface area contributed by atoms with Crippen LogP contribution in [0.25, 0.3) is 0 Å². The topological polar surface area (TPSA) is 59.9 Å². The summed E-state index contributed by atoms with van der Waals surface area (Å²) in [6, 6.07) is 7.09. The van der Waals surface area contributed by atoms with E-state index in [9.17, 15) is 13.2 Å². The monoisotopic (exact) mass is 420 g/mol. The zero-order valence-corrected chi connectivity index (χ0v) is 16.9. The molecule has 0 aromatic carbocycles. The fourth-order valence-corrected chi connectivity index (χ4v) is 5.00. The highest BCUT2D eigenvalue weighted by atomic mass is 19.4. The largest absolute Gasteiger partial charge is 0.435 e. The van der Waals surface area contributed by atoms with Crippen molar-refractivity contribution in [3.63, 3.8) is 0 Å². The van der Waals surface area contributed by atoms with E-state index in [-0.39, 0.29) is 11.0 Å². The molecule has 0 bridgehead atoms. The summed E-state index contributed by atoms with van der Waals surface area (Å²) in [6.45, 7) is 1.72. The number of hydrogen-bond acceptors (Lipinski definition) is 5. The zero-order valence-electron chi connectivity index (χ0n) is 16.9. The average Bonchev–Trinajstić information content (AvgIpc) is 3.19. The van der Waals surface area contributed by atoms with Gasteiger partial charge in [-0.1, -0.05) is 18.9 Å². The molecule has 2 aromatic rings. The second-order valence-electron chi connectivity index (χ2n) is 8.53. The van der Waals surface area contributed by atoms with Gasteiger partial charge in [0.2, 0.25) is 0 Å². The van der Waals surface area contributed by atoms with Crippen molar-refractivity contribution in [1.29, 1.82) is 0 Å². The maximum atomic E-state index is 12.8. The maximum absolute atomic E-state index is 12.8. The molecule has 1 aliphatic carbocycles. The Bertz CT molecular complexity index is 840. The normalized spacial score (nSPS) is 23.7. The van der Waals surface area contributed by atoms with Crippen LogP contribution in [0.15, 0.2) is 36.7 Å². The third-order valence-electron chi connectivity index (χ3n) is 6.48. The van der Waals surface area contributed by atoms with Crippen LogP contribution >= 0.6 is 0 Å². The summed E-state index contributed by atoms with van der Waals surface area (Å²) >= 11 is 0. The molecule has 4 rings (SSSR count). The SMILES string of the molecule is FC(F)(F)c1cc(CNCC[C@@]2(c3ccccn3)CCOC3(CCCC3)C2)cnn1. The van der Waals surface area contributed by atoms with Gasteiger partial charge in [-0.05, 0) is 62.4 Å². The molecule has 1 spiro atoms. The second-order valence-corrected chi connectivity index (χ2v) is 8.53. The molecule has 8 heteroatoms. The van der Waals surface area contributed by atoms with E-state index in [0.29, 0.717) is 18.7 Å². The molecule has 5 nitrogen and oxygen atoms in total. The fourth-order valence-electron chi connectivity index (χ4n) is 5.00. The molecule has 2 fully saturated rings. The van der Waals surface area contributed by atoms with E-state index in [2.05, 4.69) is 26.6 Å². The van der Waals surface area contributed by atoms with Gasteiger partial charge >= 0.3 is 6.18 Å². The summed E-state index contributed by atoms with van der Waals surface area (Å²) in [7, 11) is 0. The number of ether oxygens (including phenoxy) is 1. The lowest BCUT2D eigenvalue weighted by Gasteiger charge is -2.46. The van der Waals surface area contributed by atoms with E-state index < -0.39 is 11.9 Å². The lowest BCUT2D eigenvalue weighted by Crippen LogP contribution is -2.47. The van der Waals surface area contributed by atoms with Gasteiger partial charge in [-0.15, -0.1) is 5.10 Å². The van der Waals surface area contributed by atoms with Gasteiger partial charge in [-0.25, -0.2) is 0 Å². The van der Waals surface area contributed by atoms with Gasteiger partial charge < -0.3 is 10.1 Å². The van der Waals surface area contributed by atoms with Gasteiger partial charge in [-0.2, -0.15) is 18.3 Å². The standard InChI is InChI=1S/C22H27F3N4O/c23-22(24,25)19-13-17(15-28-29-19)14-26-11-8-20(18-5-1-4-10-27-18)9-12-30-21(16-20)6-2-3-7-21/h1,4-5,10,13,15,26H,2-3,6-9,11-12,14,16H2/t20-/m1/s1. The maximum Gasteiger partial charge on any atom is 0.435 e. The van der Waals surface area contributed by atoms with Crippen molar-refractivity contribution in [3.05, 3.63) is 53.6 Å². The molecule has 1 N–H and O–H groups in total. The molecule has 3 heterocycles. The smallest absolute Gasteiger partial charge is 0.375 e. The summed E-state index contributed by atoms with van der Waals surface area (Å²) in [6.07, 6.45) is 6.04. The molecule has 1 saturated heterocycles. The van der Waals surface area contributed by atoms with Gasteiger partial charge in [0, 0.05) is 30.5 Å². The second kappa shape index (κ2) is 8.59. The minimum Gasteiger partial charge on any atom is -0.375 e. The van der Waals surface area contributed by atoms with Crippen molar-refractivity contribution in [1.82, 2.24) is 20.5 Å². The van der Waals surface area contributed by atoms with Crippen molar-refractivity contribution in [2.75, 3.05) is 13.2 Å². The van der Waals surface area contributed by atoms with Crippen LogP contribution in [-0.2, 0) is 22.9 Å². The lowest BCUT2D eigenvalue weighted by atomic mass is 9.68. The molecular formula is C22H27F3N4O. The first-order chi connectivity index (χ1) is 14.4. The van der Waals surface area contributed by atoms with Crippen molar-refractivity contribution < 1.29 is 17.9 Å². The molecule has 162 valence electrons. The van der Waals surface area contributed by atoms with Crippen LogP contribution in [0.2, 0.25) is 0 Å². The Hall–Kier alpha value is -2.06. The minimum atomic E-state index is -4.48. The van der Waals surface area contributed by atoms with E-state index in [4.69, 9.17) is 4.74 Å².